The minimum absolute atomic E-state index is 0.247. The highest BCUT2D eigenvalue weighted by Crippen LogP contribution is 2.48. The van der Waals surface area contributed by atoms with Crippen LogP contribution in [0.3, 0.4) is 0 Å². The predicted octanol–water partition coefficient (Wildman–Crippen LogP) is 1.95. The highest BCUT2D eigenvalue weighted by atomic mass is 16.3. The van der Waals surface area contributed by atoms with Crippen molar-refractivity contribution in [2.75, 3.05) is 0 Å². The van der Waals surface area contributed by atoms with Crippen LogP contribution in [0, 0.1) is 11.8 Å². The van der Waals surface area contributed by atoms with Crippen molar-refractivity contribution in [3.63, 3.8) is 0 Å². The van der Waals surface area contributed by atoms with E-state index in [1.807, 2.05) is 0 Å². The number of aliphatic hydroxyl groups is 1. The molecule has 10 heavy (non-hydrogen) atoms. The summed E-state index contributed by atoms with van der Waals surface area (Å²) in [5, 5.41) is 9.99. The molecule has 3 atom stereocenters. The van der Waals surface area contributed by atoms with Crippen LogP contribution in [-0.4, -0.2) is 10.7 Å². The maximum absolute atomic E-state index is 9.99. The first-order valence-corrected chi connectivity index (χ1v) is 4.43. The van der Waals surface area contributed by atoms with Crippen LogP contribution in [0.15, 0.2) is 0 Å². The molecule has 2 aliphatic carbocycles. The summed E-state index contributed by atoms with van der Waals surface area (Å²) < 4.78 is 0. The molecule has 1 heteroatoms. The fraction of sp³-hybridized carbons (Fsp3) is 1.00. The van der Waals surface area contributed by atoms with E-state index in [1.165, 1.54) is 19.3 Å². The third kappa shape index (κ3) is 0.800. The van der Waals surface area contributed by atoms with Crippen molar-refractivity contribution < 1.29 is 5.11 Å². The summed E-state index contributed by atoms with van der Waals surface area (Å²) in [7, 11) is 0. The standard InChI is InChI=1S/C9H16O/c1-7-5-8-3-2-4-9(7,10)6-8/h7-8,10H,2-6H2,1H3/t7-,8+,9-/m1/s1. The highest BCUT2D eigenvalue weighted by molar-refractivity contribution is 4.97. The second kappa shape index (κ2) is 1.97. The number of rotatable bonds is 0. The second-order valence-corrected chi connectivity index (χ2v) is 4.20. The van der Waals surface area contributed by atoms with Crippen molar-refractivity contribution in [1.82, 2.24) is 0 Å². The summed E-state index contributed by atoms with van der Waals surface area (Å²) >= 11 is 0. The summed E-state index contributed by atoms with van der Waals surface area (Å²) in [4.78, 5) is 0. The van der Waals surface area contributed by atoms with Crippen molar-refractivity contribution in [2.24, 2.45) is 11.8 Å². The van der Waals surface area contributed by atoms with E-state index in [4.69, 9.17) is 0 Å². The van der Waals surface area contributed by atoms with Gasteiger partial charge in [0.15, 0.2) is 0 Å². The third-order valence-electron chi connectivity index (χ3n) is 3.47. The average Bonchev–Trinajstić information content (AvgIpc) is 2.04. The summed E-state index contributed by atoms with van der Waals surface area (Å²) in [5.41, 5.74) is -0.247. The predicted molar refractivity (Wildman–Crippen MR) is 40.7 cm³/mol. The van der Waals surface area contributed by atoms with Gasteiger partial charge in [0.2, 0.25) is 0 Å². The minimum atomic E-state index is -0.247. The van der Waals surface area contributed by atoms with E-state index < -0.39 is 0 Å². The van der Waals surface area contributed by atoms with Crippen molar-refractivity contribution >= 4 is 0 Å². The SMILES string of the molecule is C[C@@H]1C[C@@H]2CCC[C@@]1(O)C2. The molecule has 2 fully saturated rings. The van der Waals surface area contributed by atoms with Crippen molar-refractivity contribution in [3.8, 4) is 0 Å². The van der Waals surface area contributed by atoms with Gasteiger partial charge in [0.1, 0.15) is 0 Å². The topological polar surface area (TPSA) is 20.2 Å². The van der Waals surface area contributed by atoms with Crippen LogP contribution in [0.1, 0.15) is 39.0 Å². The van der Waals surface area contributed by atoms with E-state index in [0.717, 1.165) is 18.8 Å². The van der Waals surface area contributed by atoms with Crippen LogP contribution < -0.4 is 0 Å². The molecule has 0 aromatic rings. The first-order valence-electron chi connectivity index (χ1n) is 4.43. The van der Waals surface area contributed by atoms with Gasteiger partial charge in [0, 0.05) is 0 Å². The molecule has 1 N–H and O–H groups in total. The molecule has 0 aromatic carbocycles. The molecule has 58 valence electrons. The molecular weight excluding hydrogens is 124 g/mol. The van der Waals surface area contributed by atoms with Gasteiger partial charge >= 0.3 is 0 Å². The smallest absolute Gasteiger partial charge is 0.0675 e. The lowest BCUT2D eigenvalue weighted by Crippen LogP contribution is -2.32. The number of hydrogen-bond acceptors (Lipinski definition) is 1. The lowest BCUT2D eigenvalue weighted by atomic mass is 9.83. The Morgan fingerprint density at radius 2 is 2.30 bits per heavy atom. The molecule has 2 bridgehead atoms. The van der Waals surface area contributed by atoms with E-state index in [-0.39, 0.29) is 5.60 Å². The maximum atomic E-state index is 9.99. The zero-order valence-corrected chi connectivity index (χ0v) is 6.64. The van der Waals surface area contributed by atoms with Crippen LogP contribution in [0.2, 0.25) is 0 Å². The van der Waals surface area contributed by atoms with Gasteiger partial charge in [-0.3, -0.25) is 0 Å². The highest BCUT2D eigenvalue weighted by Gasteiger charge is 2.45. The number of hydrogen-bond donors (Lipinski definition) is 1. The lowest BCUT2D eigenvalue weighted by molar-refractivity contribution is -0.0122. The fourth-order valence-electron chi connectivity index (χ4n) is 2.77. The molecule has 0 saturated heterocycles. The zero-order valence-electron chi connectivity index (χ0n) is 6.64. The largest absolute Gasteiger partial charge is 0.390 e. The summed E-state index contributed by atoms with van der Waals surface area (Å²) in [6.07, 6.45) is 6.05. The van der Waals surface area contributed by atoms with Gasteiger partial charge in [-0.15, -0.1) is 0 Å². The van der Waals surface area contributed by atoms with Gasteiger partial charge in [-0.25, -0.2) is 0 Å². The molecule has 0 aromatic heterocycles. The summed E-state index contributed by atoms with van der Waals surface area (Å²) in [5.74, 6) is 1.42. The van der Waals surface area contributed by atoms with Crippen LogP contribution in [0.5, 0.6) is 0 Å². The fourth-order valence-corrected chi connectivity index (χ4v) is 2.77. The quantitative estimate of drug-likeness (QED) is 0.545. The van der Waals surface area contributed by atoms with E-state index in [9.17, 15) is 5.11 Å². The normalized spacial score (nSPS) is 53.4. The van der Waals surface area contributed by atoms with Gasteiger partial charge in [-0.2, -0.15) is 0 Å². The molecule has 2 saturated carbocycles. The summed E-state index contributed by atoms with van der Waals surface area (Å²) in [6.45, 7) is 2.20. The Morgan fingerprint density at radius 3 is 2.90 bits per heavy atom. The average molecular weight is 140 g/mol. The van der Waals surface area contributed by atoms with Crippen LogP contribution in [0.4, 0.5) is 0 Å². The van der Waals surface area contributed by atoms with Crippen molar-refractivity contribution in [3.05, 3.63) is 0 Å². The summed E-state index contributed by atoms with van der Waals surface area (Å²) in [6, 6.07) is 0. The Morgan fingerprint density at radius 1 is 1.50 bits per heavy atom. The molecule has 0 amide bonds. The van der Waals surface area contributed by atoms with Gasteiger partial charge in [0.25, 0.3) is 0 Å². The first kappa shape index (κ1) is 6.66. The monoisotopic (exact) mass is 140 g/mol. The van der Waals surface area contributed by atoms with Crippen LogP contribution in [-0.2, 0) is 0 Å². The van der Waals surface area contributed by atoms with E-state index in [2.05, 4.69) is 6.92 Å². The molecule has 2 aliphatic rings. The van der Waals surface area contributed by atoms with Crippen LogP contribution in [0.25, 0.3) is 0 Å². The van der Waals surface area contributed by atoms with Gasteiger partial charge in [0.05, 0.1) is 5.60 Å². The van der Waals surface area contributed by atoms with E-state index >= 15 is 0 Å². The van der Waals surface area contributed by atoms with E-state index in [0.29, 0.717) is 5.92 Å². The van der Waals surface area contributed by atoms with Gasteiger partial charge < -0.3 is 5.11 Å². The van der Waals surface area contributed by atoms with Crippen molar-refractivity contribution in [1.29, 1.82) is 0 Å². The molecule has 0 spiro atoms. The van der Waals surface area contributed by atoms with Crippen LogP contribution >= 0.6 is 0 Å². The molecule has 0 aliphatic heterocycles. The second-order valence-electron chi connectivity index (χ2n) is 4.20. The lowest BCUT2D eigenvalue weighted by Gasteiger charge is -2.30. The Hall–Kier alpha value is -0.0400. The molecule has 0 unspecified atom stereocenters. The van der Waals surface area contributed by atoms with Crippen molar-refractivity contribution in [2.45, 2.75) is 44.6 Å². The molecule has 0 heterocycles. The third-order valence-corrected chi connectivity index (χ3v) is 3.47. The van der Waals surface area contributed by atoms with Gasteiger partial charge in [-0.05, 0) is 31.1 Å². The van der Waals surface area contributed by atoms with Gasteiger partial charge in [-0.1, -0.05) is 19.8 Å². The maximum Gasteiger partial charge on any atom is 0.0675 e. The Labute approximate surface area is 62.4 Å². The minimum Gasteiger partial charge on any atom is -0.390 e. The molecule has 1 nitrogen and oxygen atoms in total. The Bertz CT molecular complexity index is 144. The molecular formula is C9H16O. The molecule has 2 rings (SSSR count). The Balaban J connectivity index is 2.18. The molecule has 0 radical (unpaired) electrons. The Kier molecular flexibility index (Phi) is 1.31. The van der Waals surface area contributed by atoms with E-state index in [1.54, 1.807) is 0 Å². The first-order chi connectivity index (χ1) is 4.71. The zero-order chi connectivity index (χ0) is 7.19. The number of fused-ring (bicyclic) bond motifs is 2.